The summed E-state index contributed by atoms with van der Waals surface area (Å²) in [4.78, 5) is 11.5. The number of hydrogen-bond donors (Lipinski definition) is 1. The molecule has 0 aliphatic carbocycles. The fourth-order valence-electron chi connectivity index (χ4n) is 1.55. The van der Waals surface area contributed by atoms with Crippen molar-refractivity contribution in [1.82, 2.24) is 5.32 Å². The van der Waals surface area contributed by atoms with Gasteiger partial charge < -0.3 is 10.1 Å². The van der Waals surface area contributed by atoms with Gasteiger partial charge in [0.1, 0.15) is 0 Å². The molecule has 1 saturated heterocycles. The van der Waals surface area contributed by atoms with Gasteiger partial charge in [0, 0.05) is 18.0 Å². The number of ether oxygens (including phenoxy) is 1. The number of amides is 1. The highest BCUT2D eigenvalue weighted by molar-refractivity contribution is 9.09. The minimum absolute atomic E-state index is 0.114. The Labute approximate surface area is 93.7 Å². The number of hydrogen-bond acceptors (Lipinski definition) is 2. The lowest BCUT2D eigenvalue weighted by atomic mass is 10.1. The van der Waals surface area contributed by atoms with Crippen molar-refractivity contribution in [2.45, 2.75) is 44.8 Å². The van der Waals surface area contributed by atoms with Gasteiger partial charge in [0.05, 0.1) is 12.5 Å². The smallest absolute Gasteiger partial charge is 0.222 e. The molecule has 0 aromatic heterocycles. The maximum atomic E-state index is 11.5. The summed E-state index contributed by atoms with van der Waals surface area (Å²) in [5, 5.41) is 3.80. The minimum atomic E-state index is 0.114. The molecule has 82 valence electrons. The van der Waals surface area contributed by atoms with Crippen LogP contribution in [0.3, 0.4) is 0 Å². The molecule has 1 aliphatic rings. The zero-order valence-corrected chi connectivity index (χ0v) is 10.2. The summed E-state index contributed by atoms with van der Waals surface area (Å²) in [5.41, 5.74) is 0. The average molecular weight is 264 g/mol. The third-order valence-electron chi connectivity index (χ3n) is 2.48. The number of carbonyl (C=O) groups is 1. The fourth-order valence-corrected chi connectivity index (χ4v) is 2.17. The van der Waals surface area contributed by atoms with Crippen LogP contribution in [0.2, 0.25) is 0 Å². The monoisotopic (exact) mass is 263 g/mol. The number of nitrogens with one attached hydrogen (secondary N) is 1. The van der Waals surface area contributed by atoms with E-state index in [9.17, 15) is 4.79 Å². The molecule has 4 heteroatoms. The van der Waals surface area contributed by atoms with E-state index in [2.05, 4.69) is 28.2 Å². The molecule has 1 aliphatic heterocycles. The minimum Gasteiger partial charge on any atom is -0.378 e. The van der Waals surface area contributed by atoms with Crippen LogP contribution in [-0.4, -0.2) is 30.0 Å². The molecular weight excluding hydrogens is 246 g/mol. The summed E-state index contributed by atoms with van der Waals surface area (Å²) in [7, 11) is 0. The molecule has 0 bridgehead atoms. The van der Waals surface area contributed by atoms with E-state index in [1.165, 1.54) is 0 Å². The predicted molar refractivity (Wildman–Crippen MR) is 59.6 cm³/mol. The van der Waals surface area contributed by atoms with Crippen LogP contribution in [-0.2, 0) is 9.53 Å². The highest BCUT2D eigenvalue weighted by Crippen LogP contribution is 2.15. The molecule has 1 N–H and O–H groups in total. The third-order valence-corrected chi connectivity index (χ3v) is 3.26. The summed E-state index contributed by atoms with van der Waals surface area (Å²) >= 11 is 3.37. The van der Waals surface area contributed by atoms with Crippen LogP contribution in [0.4, 0.5) is 0 Å². The molecule has 1 heterocycles. The Morgan fingerprint density at radius 2 is 2.50 bits per heavy atom. The van der Waals surface area contributed by atoms with Gasteiger partial charge in [-0.15, -0.1) is 0 Å². The molecule has 1 amide bonds. The molecule has 1 fully saturated rings. The van der Waals surface area contributed by atoms with Crippen molar-refractivity contribution in [3.63, 3.8) is 0 Å². The summed E-state index contributed by atoms with van der Waals surface area (Å²) < 4.78 is 5.40. The SMILES string of the molecule is CCC(CBr)NC(=O)CC1CCCO1. The van der Waals surface area contributed by atoms with E-state index in [0.717, 1.165) is 31.2 Å². The van der Waals surface area contributed by atoms with E-state index in [1.54, 1.807) is 0 Å². The zero-order valence-electron chi connectivity index (χ0n) is 8.59. The van der Waals surface area contributed by atoms with Gasteiger partial charge in [-0.05, 0) is 19.3 Å². The highest BCUT2D eigenvalue weighted by Gasteiger charge is 2.19. The first-order valence-corrected chi connectivity index (χ1v) is 6.35. The molecule has 14 heavy (non-hydrogen) atoms. The summed E-state index contributed by atoms with van der Waals surface area (Å²) in [6, 6.07) is 0.254. The van der Waals surface area contributed by atoms with Crippen molar-refractivity contribution in [2.24, 2.45) is 0 Å². The third kappa shape index (κ3) is 3.96. The first-order chi connectivity index (χ1) is 6.76. The fraction of sp³-hybridized carbons (Fsp3) is 0.900. The van der Waals surface area contributed by atoms with Crippen molar-refractivity contribution < 1.29 is 9.53 Å². The van der Waals surface area contributed by atoms with Crippen LogP contribution in [0, 0.1) is 0 Å². The van der Waals surface area contributed by atoms with E-state index in [-0.39, 0.29) is 18.1 Å². The Morgan fingerprint density at radius 1 is 1.71 bits per heavy atom. The number of alkyl halides is 1. The Bertz CT molecular complexity index is 171. The van der Waals surface area contributed by atoms with Crippen molar-refractivity contribution in [1.29, 1.82) is 0 Å². The normalized spacial score (nSPS) is 23.4. The summed E-state index contributed by atoms with van der Waals surface area (Å²) in [6.07, 6.45) is 3.75. The Hall–Kier alpha value is -0.0900. The summed E-state index contributed by atoms with van der Waals surface area (Å²) in [6.45, 7) is 2.88. The standard InChI is InChI=1S/C10H18BrNO2/c1-2-8(7-11)12-10(13)6-9-4-3-5-14-9/h8-9H,2-7H2,1H3,(H,12,13). The zero-order chi connectivity index (χ0) is 10.4. The molecule has 0 aromatic carbocycles. The largest absolute Gasteiger partial charge is 0.378 e. The molecule has 0 aromatic rings. The predicted octanol–water partition coefficient (Wildman–Crippen LogP) is 1.85. The number of carbonyl (C=O) groups excluding carboxylic acids is 1. The van der Waals surface area contributed by atoms with Crippen LogP contribution < -0.4 is 5.32 Å². The Balaban J connectivity index is 2.20. The van der Waals surface area contributed by atoms with E-state index in [4.69, 9.17) is 4.74 Å². The van der Waals surface area contributed by atoms with Crippen molar-refractivity contribution in [3.8, 4) is 0 Å². The van der Waals surface area contributed by atoms with Crippen LogP contribution in [0.15, 0.2) is 0 Å². The topological polar surface area (TPSA) is 38.3 Å². The van der Waals surface area contributed by atoms with Crippen LogP contribution in [0.25, 0.3) is 0 Å². The quantitative estimate of drug-likeness (QED) is 0.769. The maximum Gasteiger partial charge on any atom is 0.222 e. The molecular formula is C10H18BrNO2. The molecule has 1 rings (SSSR count). The number of halogens is 1. The Morgan fingerprint density at radius 3 is 3.00 bits per heavy atom. The molecule has 0 radical (unpaired) electrons. The average Bonchev–Trinajstić information content (AvgIpc) is 2.66. The lowest BCUT2D eigenvalue weighted by Gasteiger charge is -2.15. The lowest BCUT2D eigenvalue weighted by molar-refractivity contribution is -0.123. The second-order valence-corrected chi connectivity index (χ2v) is 4.31. The van der Waals surface area contributed by atoms with Gasteiger partial charge in [0.25, 0.3) is 0 Å². The maximum absolute atomic E-state index is 11.5. The molecule has 2 unspecified atom stereocenters. The first kappa shape index (κ1) is 12.0. The van der Waals surface area contributed by atoms with Gasteiger partial charge in [-0.3, -0.25) is 4.79 Å². The van der Waals surface area contributed by atoms with Gasteiger partial charge in [-0.25, -0.2) is 0 Å². The highest BCUT2D eigenvalue weighted by atomic mass is 79.9. The van der Waals surface area contributed by atoms with Crippen LogP contribution in [0.1, 0.15) is 32.6 Å². The van der Waals surface area contributed by atoms with E-state index in [0.29, 0.717) is 6.42 Å². The van der Waals surface area contributed by atoms with Gasteiger partial charge in [0.2, 0.25) is 5.91 Å². The van der Waals surface area contributed by atoms with Crippen molar-refractivity contribution in [2.75, 3.05) is 11.9 Å². The van der Waals surface area contributed by atoms with Gasteiger partial charge in [-0.2, -0.15) is 0 Å². The van der Waals surface area contributed by atoms with Crippen LogP contribution in [0.5, 0.6) is 0 Å². The van der Waals surface area contributed by atoms with E-state index >= 15 is 0 Å². The van der Waals surface area contributed by atoms with Gasteiger partial charge in [0.15, 0.2) is 0 Å². The Kier molecular flexibility index (Phi) is 5.48. The lowest BCUT2D eigenvalue weighted by Crippen LogP contribution is -2.37. The first-order valence-electron chi connectivity index (χ1n) is 5.23. The molecule has 0 spiro atoms. The molecule has 2 atom stereocenters. The number of rotatable bonds is 5. The van der Waals surface area contributed by atoms with E-state index in [1.807, 2.05) is 0 Å². The van der Waals surface area contributed by atoms with Gasteiger partial charge in [-0.1, -0.05) is 22.9 Å². The molecule has 3 nitrogen and oxygen atoms in total. The van der Waals surface area contributed by atoms with Gasteiger partial charge >= 0.3 is 0 Å². The second-order valence-electron chi connectivity index (χ2n) is 3.67. The van der Waals surface area contributed by atoms with E-state index < -0.39 is 0 Å². The molecule has 0 saturated carbocycles. The van der Waals surface area contributed by atoms with Crippen LogP contribution >= 0.6 is 15.9 Å². The second kappa shape index (κ2) is 6.40. The van der Waals surface area contributed by atoms with Crippen molar-refractivity contribution in [3.05, 3.63) is 0 Å². The summed E-state index contributed by atoms with van der Waals surface area (Å²) in [5.74, 6) is 0.114. The van der Waals surface area contributed by atoms with Crippen molar-refractivity contribution >= 4 is 21.8 Å².